The van der Waals surface area contributed by atoms with Gasteiger partial charge >= 0.3 is 0 Å². The van der Waals surface area contributed by atoms with Crippen LogP contribution in [0.15, 0.2) is 12.1 Å². The van der Waals surface area contributed by atoms with Crippen molar-refractivity contribution in [2.45, 2.75) is 26.3 Å². The summed E-state index contributed by atoms with van der Waals surface area (Å²) >= 11 is 0. The fraction of sp³-hybridized carbons (Fsp3) is 0.538. The van der Waals surface area contributed by atoms with Gasteiger partial charge in [0.05, 0.1) is 14.2 Å². The smallest absolute Gasteiger partial charge is 0.122 e. The molecule has 16 heavy (non-hydrogen) atoms. The first kappa shape index (κ1) is 12.8. The van der Waals surface area contributed by atoms with Crippen LogP contribution < -0.4 is 14.8 Å². The lowest BCUT2D eigenvalue weighted by Gasteiger charge is -2.16. The second kappa shape index (κ2) is 5.75. The van der Waals surface area contributed by atoms with E-state index >= 15 is 0 Å². The molecule has 1 N–H and O–H groups in total. The molecule has 0 bridgehead atoms. The number of hydrogen-bond donors (Lipinski definition) is 1. The van der Waals surface area contributed by atoms with Crippen LogP contribution in [0.1, 0.15) is 18.1 Å². The van der Waals surface area contributed by atoms with Gasteiger partial charge in [0, 0.05) is 6.04 Å². The van der Waals surface area contributed by atoms with E-state index in [1.54, 1.807) is 14.2 Å². The molecule has 1 atom stereocenters. The molecule has 90 valence electrons. The van der Waals surface area contributed by atoms with Gasteiger partial charge in [0.15, 0.2) is 0 Å². The van der Waals surface area contributed by atoms with Gasteiger partial charge in [-0.3, -0.25) is 0 Å². The maximum absolute atomic E-state index is 5.39. The molecule has 0 aliphatic heterocycles. The van der Waals surface area contributed by atoms with Crippen LogP contribution in [0.25, 0.3) is 0 Å². The normalized spacial score (nSPS) is 12.3. The molecule has 0 radical (unpaired) electrons. The molecule has 0 amide bonds. The van der Waals surface area contributed by atoms with Gasteiger partial charge in [0.1, 0.15) is 11.5 Å². The van der Waals surface area contributed by atoms with E-state index in [1.165, 1.54) is 5.56 Å². The average Bonchev–Trinajstić information content (AvgIpc) is 2.30. The molecule has 1 aromatic rings. The molecule has 0 saturated heterocycles. The quantitative estimate of drug-likeness (QED) is 0.829. The predicted molar refractivity (Wildman–Crippen MR) is 66.5 cm³/mol. The van der Waals surface area contributed by atoms with Crippen LogP contribution in [-0.2, 0) is 6.42 Å². The topological polar surface area (TPSA) is 30.5 Å². The lowest BCUT2D eigenvalue weighted by atomic mass is 10.0. The molecule has 0 saturated carbocycles. The van der Waals surface area contributed by atoms with Gasteiger partial charge in [-0.15, -0.1) is 0 Å². The SMILES string of the molecule is CN[C@H](C)Cc1cc(OC)c(C)cc1OC. The van der Waals surface area contributed by atoms with Crippen molar-refractivity contribution < 1.29 is 9.47 Å². The summed E-state index contributed by atoms with van der Waals surface area (Å²) in [5.41, 5.74) is 2.27. The summed E-state index contributed by atoms with van der Waals surface area (Å²) in [5.74, 6) is 1.85. The highest BCUT2D eigenvalue weighted by molar-refractivity contribution is 5.46. The fourth-order valence-corrected chi connectivity index (χ4v) is 1.71. The minimum Gasteiger partial charge on any atom is -0.496 e. The van der Waals surface area contributed by atoms with Crippen LogP contribution in [0.3, 0.4) is 0 Å². The van der Waals surface area contributed by atoms with Crippen molar-refractivity contribution in [1.29, 1.82) is 0 Å². The summed E-state index contributed by atoms with van der Waals surface area (Å²) in [7, 11) is 5.36. The van der Waals surface area contributed by atoms with E-state index in [0.29, 0.717) is 6.04 Å². The third kappa shape index (κ3) is 2.89. The molecule has 3 heteroatoms. The number of ether oxygens (including phenoxy) is 2. The summed E-state index contributed by atoms with van der Waals surface area (Å²) in [6.07, 6.45) is 0.927. The zero-order chi connectivity index (χ0) is 12.1. The Kier molecular flexibility index (Phi) is 4.62. The van der Waals surface area contributed by atoms with E-state index < -0.39 is 0 Å². The Hall–Kier alpha value is -1.22. The largest absolute Gasteiger partial charge is 0.496 e. The Balaban J connectivity index is 3.04. The van der Waals surface area contributed by atoms with Crippen molar-refractivity contribution >= 4 is 0 Å². The Morgan fingerprint density at radius 2 is 1.81 bits per heavy atom. The van der Waals surface area contributed by atoms with E-state index in [-0.39, 0.29) is 0 Å². The maximum Gasteiger partial charge on any atom is 0.122 e. The molecular weight excluding hydrogens is 202 g/mol. The van der Waals surface area contributed by atoms with E-state index in [0.717, 1.165) is 23.5 Å². The van der Waals surface area contributed by atoms with Crippen LogP contribution in [0.4, 0.5) is 0 Å². The molecular formula is C13H21NO2. The standard InChI is InChI=1S/C13H21NO2/c1-9-6-13(16-5)11(7-10(2)14-3)8-12(9)15-4/h6,8,10,14H,7H2,1-5H3/t10-/m1/s1. The second-order valence-corrected chi connectivity index (χ2v) is 4.03. The van der Waals surface area contributed by atoms with Crippen molar-refractivity contribution in [1.82, 2.24) is 5.32 Å². The van der Waals surface area contributed by atoms with Gasteiger partial charge < -0.3 is 14.8 Å². The lowest BCUT2D eigenvalue weighted by molar-refractivity contribution is 0.394. The van der Waals surface area contributed by atoms with E-state index in [2.05, 4.69) is 18.3 Å². The molecule has 1 rings (SSSR count). The first-order valence-corrected chi connectivity index (χ1v) is 5.51. The van der Waals surface area contributed by atoms with Crippen LogP contribution >= 0.6 is 0 Å². The number of nitrogens with one attached hydrogen (secondary N) is 1. The number of aryl methyl sites for hydroxylation is 1. The highest BCUT2D eigenvalue weighted by Gasteiger charge is 2.10. The van der Waals surface area contributed by atoms with Gasteiger partial charge in [-0.05, 0) is 50.6 Å². The van der Waals surface area contributed by atoms with Crippen LogP contribution in [0.2, 0.25) is 0 Å². The van der Waals surface area contributed by atoms with E-state index in [4.69, 9.17) is 9.47 Å². The summed E-state index contributed by atoms with van der Waals surface area (Å²) < 4.78 is 10.7. The van der Waals surface area contributed by atoms with Gasteiger partial charge in [-0.2, -0.15) is 0 Å². The molecule has 0 fully saturated rings. The van der Waals surface area contributed by atoms with Crippen LogP contribution in [-0.4, -0.2) is 27.3 Å². The van der Waals surface area contributed by atoms with Gasteiger partial charge in [-0.25, -0.2) is 0 Å². The molecule has 0 aliphatic carbocycles. The summed E-state index contributed by atoms with van der Waals surface area (Å²) in [5, 5.41) is 3.22. The lowest BCUT2D eigenvalue weighted by Crippen LogP contribution is -2.23. The molecule has 0 unspecified atom stereocenters. The van der Waals surface area contributed by atoms with Gasteiger partial charge in [-0.1, -0.05) is 0 Å². The highest BCUT2D eigenvalue weighted by atomic mass is 16.5. The van der Waals surface area contributed by atoms with E-state index in [9.17, 15) is 0 Å². The number of benzene rings is 1. The summed E-state index contributed by atoms with van der Waals surface area (Å²) in [6, 6.07) is 4.50. The Morgan fingerprint density at radius 3 is 2.31 bits per heavy atom. The number of rotatable bonds is 5. The Labute approximate surface area is 97.8 Å². The second-order valence-electron chi connectivity index (χ2n) is 4.03. The maximum atomic E-state index is 5.39. The number of methoxy groups -OCH3 is 2. The summed E-state index contributed by atoms with van der Waals surface area (Å²) in [6.45, 7) is 4.17. The molecule has 0 spiro atoms. The van der Waals surface area contributed by atoms with Crippen molar-refractivity contribution in [3.63, 3.8) is 0 Å². The van der Waals surface area contributed by atoms with Crippen LogP contribution in [0, 0.1) is 6.92 Å². The predicted octanol–water partition coefficient (Wildman–Crippen LogP) is 2.16. The molecule has 0 aliphatic rings. The zero-order valence-corrected chi connectivity index (χ0v) is 10.8. The number of hydrogen-bond acceptors (Lipinski definition) is 3. The average molecular weight is 223 g/mol. The van der Waals surface area contributed by atoms with Crippen molar-refractivity contribution in [2.75, 3.05) is 21.3 Å². The van der Waals surface area contributed by atoms with Crippen molar-refractivity contribution in [3.8, 4) is 11.5 Å². The monoisotopic (exact) mass is 223 g/mol. The molecule has 0 aromatic heterocycles. The van der Waals surface area contributed by atoms with E-state index in [1.807, 2.05) is 20.0 Å². The Morgan fingerprint density at radius 1 is 1.19 bits per heavy atom. The highest BCUT2D eigenvalue weighted by Crippen LogP contribution is 2.28. The zero-order valence-electron chi connectivity index (χ0n) is 10.8. The first-order valence-electron chi connectivity index (χ1n) is 5.51. The van der Waals surface area contributed by atoms with Gasteiger partial charge in [0.25, 0.3) is 0 Å². The third-order valence-electron chi connectivity index (χ3n) is 2.82. The fourth-order valence-electron chi connectivity index (χ4n) is 1.71. The van der Waals surface area contributed by atoms with Crippen molar-refractivity contribution in [2.24, 2.45) is 0 Å². The Bertz CT molecular complexity index is 350. The first-order chi connectivity index (χ1) is 7.62. The van der Waals surface area contributed by atoms with Crippen LogP contribution in [0.5, 0.6) is 11.5 Å². The minimum atomic E-state index is 0.418. The molecule has 0 heterocycles. The molecule has 3 nitrogen and oxygen atoms in total. The minimum absolute atomic E-state index is 0.418. The molecule has 1 aromatic carbocycles. The summed E-state index contributed by atoms with van der Waals surface area (Å²) in [4.78, 5) is 0. The third-order valence-corrected chi connectivity index (χ3v) is 2.82. The van der Waals surface area contributed by atoms with Crippen molar-refractivity contribution in [3.05, 3.63) is 23.3 Å². The number of likely N-dealkylation sites (N-methyl/N-ethyl adjacent to an activating group) is 1. The van der Waals surface area contributed by atoms with Gasteiger partial charge in [0.2, 0.25) is 0 Å².